The Morgan fingerprint density at radius 1 is 0.786 bits per heavy atom. The van der Waals surface area contributed by atoms with Crippen LogP contribution < -0.4 is 0 Å². The lowest BCUT2D eigenvalue weighted by molar-refractivity contribution is 0.364. The topological polar surface area (TPSA) is 3.24 Å². The maximum atomic E-state index is 2.41. The largest absolute Gasteiger partial charge is 0.298 e. The van der Waals surface area contributed by atoms with Crippen molar-refractivity contribution >= 4 is 10.8 Å². The Morgan fingerprint density at radius 3 is 2.18 bits per heavy atom. The second-order valence-electron chi connectivity index (χ2n) is 8.29. The highest BCUT2D eigenvalue weighted by Gasteiger charge is 2.03. The zero-order chi connectivity index (χ0) is 20.4. The molecule has 0 bridgehead atoms. The van der Waals surface area contributed by atoms with E-state index in [2.05, 4.69) is 100 Å². The number of allylic oxidation sites excluding steroid dienone is 5. The van der Waals surface area contributed by atoms with E-state index in [0.717, 1.165) is 25.9 Å². The van der Waals surface area contributed by atoms with Gasteiger partial charge in [-0.05, 0) is 76.8 Å². The smallest absolute Gasteiger partial charge is 0.0240 e. The van der Waals surface area contributed by atoms with Gasteiger partial charge in [-0.15, -0.1) is 0 Å². The number of benzene rings is 2. The summed E-state index contributed by atoms with van der Waals surface area (Å²) < 4.78 is 0. The summed E-state index contributed by atoms with van der Waals surface area (Å²) in [7, 11) is 2.21. The van der Waals surface area contributed by atoms with E-state index >= 15 is 0 Å². The second-order valence-corrected chi connectivity index (χ2v) is 8.29. The first-order chi connectivity index (χ1) is 13.5. The monoisotopic (exact) mass is 375 g/mol. The first kappa shape index (κ1) is 22.2. The summed E-state index contributed by atoms with van der Waals surface area (Å²) in [5.41, 5.74) is 5.82. The maximum Gasteiger partial charge on any atom is 0.0240 e. The molecule has 0 aromatic heterocycles. The minimum Gasteiger partial charge on any atom is -0.298 e. The van der Waals surface area contributed by atoms with E-state index in [1.807, 2.05) is 0 Å². The Hall–Kier alpha value is -2.12. The van der Waals surface area contributed by atoms with Crippen LogP contribution in [0.5, 0.6) is 0 Å². The molecule has 2 aromatic carbocycles. The van der Waals surface area contributed by atoms with E-state index in [4.69, 9.17) is 0 Å². The molecule has 0 fully saturated rings. The van der Waals surface area contributed by atoms with E-state index < -0.39 is 0 Å². The van der Waals surface area contributed by atoms with Crippen LogP contribution in [-0.4, -0.2) is 18.5 Å². The van der Waals surface area contributed by atoms with E-state index in [9.17, 15) is 0 Å². The summed E-state index contributed by atoms with van der Waals surface area (Å²) in [6.45, 7) is 10.8. The molecule has 0 spiro atoms. The standard InChI is InChI=1S/C27H37N/c1-22(2)11-8-12-23(3)13-9-14-24(4)19-20-28(5)21-26-17-10-16-25-15-6-7-18-27(25)26/h6-7,10-11,13,15-19H,8-9,12,14,20-21H2,1-5H3/b23-13+,24-19+. The van der Waals surface area contributed by atoms with E-state index in [0.29, 0.717) is 0 Å². The third-order valence-electron chi connectivity index (χ3n) is 5.19. The van der Waals surface area contributed by atoms with Crippen molar-refractivity contribution in [2.75, 3.05) is 13.6 Å². The molecule has 0 unspecified atom stereocenters. The van der Waals surface area contributed by atoms with Gasteiger partial charge in [0.2, 0.25) is 0 Å². The van der Waals surface area contributed by atoms with Crippen LogP contribution in [0.4, 0.5) is 0 Å². The van der Waals surface area contributed by atoms with Crippen LogP contribution in [0.25, 0.3) is 10.8 Å². The SMILES string of the molecule is CC(C)=CCC/C(C)=C/CC/C(C)=C/CN(C)Cc1cccc2ccccc12. The molecule has 28 heavy (non-hydrogen) atoms. The molecule has 0 aliphatic carbocycles. The van der Waals surface area contributed by atoms with Crippen molar-refractivity contribution in [1.82, 2.24) is 4.90 Å². The van der Waals surface area contributed by atoms with Crippen LogP contribution in [0.2, 0.25) is 0 Å². The van der Waals surface area contributed by atoms with Crippen molar-refractivity contribution in [3.8, 4) is 0 Å². The molecule has 0 saturated heterocycles. The average Bonchev–Trinajstić information content (AvgIpc) is 2.66. The Labute approximate surface area is 172 Å². The summed E-state index contributed by atoms with van der Waals surface area (Å²) >= 11 is 0. The number of rotatable bonds is 10. The molecule has 0 amide bonds. The van der Waals surface area contributed by atoms with Crippen LogP contribution in [0.1, 0.15) is 58.9 Å². The molecule has 0 aliphatic heterocycles. The number of nitrogens with zero attached hydrogens (tertiary/aromatic N) is 1. The summed E-state index contributed by atoms with van der Waals surface area (Å²) in [5, 5.41) is 2.69. The van der Waals surface area contributed by atoms with Gasteiger partial charge in [-0.2, -0.15) is 0 Å². The zero-order valence-electron chi connectivity index (χ0n) is 18.5. The molecule has 0 aliphatic rings. The summed E-state index contributed by atoms with van der Waals surface area (Å²) in [5.74, 6) is 0. The summed E-state index contributed by atoms with van der Waals surface area (Å²) in [6.07, 6.45) is 11.8. The lowest BCUT2D eigenvalue weighted by Crippen LogP contribution is -2.18. The summed E-state index contributed by atoms with van der Waals surface area (Å²) in [6, 6.07) is 15.3. The van der Waals surface area contributed by atoms with Crippen molar-refractivity contribution in [3.05, 3.63) is 83.0 Å². The number of fused-ring (bicyclic) bond motifs is 1. The minimum atomic E-state index is 0.981. The van der Waals surface area contributed by atoms with Crippen molar-refractivity contribution in [3.63, 3.8) is 0 Å². The maximum absolute atomic E-state index is 2.41. The molecule has 0 atom stereocenters. The lowest BCUT2D eigenvalue weighted by Gasteiger charge is -2.16. The third kappa shape index (κ3) is 7.86. The number of likely N-dealkylation sites (N-methyl/N-ethyl adjacent to an activating group) is 1. The van der Waals surface area contributed by atoms with Gasteiger partial charge in [-0.3, -0.25) is 4.90 Å². The highest BCUT2D eigenvalue weighted by Crippen LogP contribution is 2.19. The van der Waals surface area contributed by atoms with Crippen LogP contribution in [-0.2, 0) is 6.54 Å². The lowest BCUT2D eigenvalue weighted by atomic mass is 10.0. The normalized spacial score (nSPS) is 12.6. The molecule has 150 valence electrons. The van der Waals surface area contributed by atoms with Crippen LogP contribution in [0.15, 0.2) is 77.4 Å². The Morgan fingerprint density at radius 2 is 1.43 bits per heavy atom. The first-order valence-electron chi connectivity index (χ1n) is 10.6. The summed E-state index contributed by atoms with van der Waals surface area (Å²) in [4.78, 5) is 2.39. The highest BCUT2D eigenvalue weighted by molar-refractivity contribution is 5.85. The van der Waals surface area contributed by atoms with Crippen LogP contribution in [0.3, 0.4) is 0 Å². The van der Waals surface area contributed by atoms with Crippen LogP contribution >= 0.6 is 0 Å². The third-order valence-corrected chi connectivity index (χ3v) is 5.19. The predicted octanol–water partition coefficient (Wildman–Crippen LogP) is 7.69. The van der Waals surface area contributed by atoms with Crippen molar-refractivity contribution in [1.29, 1.82) is 0 Å². The number of hydrogen-bond donors (Lipinski definition) is 0. The van der Waals surface area contributed by atoms with Crippen molar-refractivity contribution in [2.45, 2.75) is 59.9 Å². The molecular weight excluding hydrogens is 338 g/mol. The minimum absolute atomic E-state index is 0.981. The Balaban J connectivity index is 1.79. The van der Waals surface area contributed by atoms with Gasteiger partial charge in [0, 0.05) is 13.1 Å². The molecule has 0 heterocycles. The van der Waals surface area contributed by atoms with Crippen molar-refractivity contribution < 1.29 is 0 Å². The molecule has 2 rings (SSSR count). The zero-order valence-corrected chi connectivity index (χ0v) is 18.5. The second kappa shape index (κ2) is 11.7. The molecular formula is C27H37N. The van der Waals surface area contributed by atoms with Gasteiger partial charge in [0.25, 0.3) is 0 Å². The van der Waals surface area contributed by atoms with E-state index in [1.165, 1.54) is 45.9 Å². The highest BCUT2D eigenvalue weighted by atomic mass is 15.1. The molecule has 0 radical (unpaired) electrons. The van der Waals surface area contributed by atoms with Crippen molar-refractivity contribution in [2.24, 2.45) is 0 Å². The Bertz CT molecular complexity index is 829. The van der Waals surface area contributed by atoms with Gasteiger partial charge in [0.1, 0.15) is 0 Å². The average molecular weight is 376 g/mol. The predicted molar refractivity (Wildman–Crippen MR) is 126 cm³/mol. The fraction of sp³-hybridized carbons (Fsp3) is 0.407. The van der Waals surface area contributed by atoms with E-state index in [-0.39, 0.29) is 0 Å². The van der Waals surface area contributed by atoms with Gasteiger partial charge in [-0.25, -0.2) is 0 Å². The van der Waals surface area contributed by atoms with Gasteiger partial charge in [-0.1, -0.05) is 77.4 Å². The van der Waals surface area contributed by atoms with Gasteiger partial charge in [0.05, 0.1) is 0 Å². The quantitative estimate of drug-likeness (QED) is 0.385. The van der Waals surface area contributed by atoms with E-state index in [1.54, 1.807) is 0 Å². The molecule has 0 saturated carbocycles. The van der Waals surface area contributed by atoms with Gasteiger partial charge in [0.15, 0.2) is 0 Å². The molecule has 1 heteroatoms. The fourth-order valence-corrected chi connectivity index (χ4v) is 3.44. The van der Waals surface area contributed by atoms with Crippen LogP contribution in [0, 0.1) is 0 Å². The molecule has 2 aromatic rings. The van der Waals surface area contributed by atoms with Gasteiger partial charge < -0.3 is 0 Å². The van der Waals surface area contributed by atoms with Gasteiger partial charge >= 0.3 is 0 Å². The Kier molecular flexibility index (Phi) is 9.23. The first-order valence-corrected chi connectivity index (χ1v) is 10.6. The fourth-order valence-electron chi connectivity index (χ4n) is 3.44. The molecule has 0 N–H and O–H groups in total. The number of hydrogen-bond acceptors (Lipinski definition) is 1. The molecule has 1 nitrogen and oxygen atoms in total.